The van der Waals surface area contributed by atoms with E-state index in [4.69, 9.17) is 9.47 Å². The lowest BCUT2D eigenvalue weighted by atomic mass is 10.1. The Kier molecular flexibility index (Phi) is 11.2. The van der Waals surface area contributed by atoms with Gasteiger partial charge < -0.3 is 14.8 Å². The summed E-state index contributed by atoms with van der Waals surface area (Å²) in [5.41, 5.74) is 0. The molecule has 1 heterocycles. The van der Waals surface area contributed by atoms with Crippen LogP contribution in [-0.4, -0.2) is 38.5 Å². The average molecular weight is 299 g/mol. The highest BCUT2D eigenvalue weighted by Gasteiger charge is 2.24. The van der Waals surface area contributed by atoms with Crippen molar-refractivity contribution in [3.8, 4) is 0 Å². The zero-order valence-corrected chi connectivity index (χ0v) is 14.5. The van der Waals surface area contributed by atoms with Crippen molar-refractivity contribution in [3.05, 3.63) is 0 Å². The van der Waals surface area contributed by atoms with Gasteiger partial charge in [0.15, 0.2) is 0 Å². The molecule has 2 atom stereocenters. The maximum Gasteiger partial charge on any atom is 0.0813 e. The minimum Gasteiger partial charge on any atom is -0.379 e. The molecule has 0 aromatic carbocycles. The van der Waals surface area contributed by atoms with E-state index in [2.05, 4.69) is 26.1 Å². The Morgan fingerprint density at radius 3 is 2.52 bits per heavy atom. The van der Waals surface area contributed by atoms with E-state index < -0.39 is 0 Å². The predicted molar refractivity (Wildman–Crippen MR) is 89.8 cm³/mol. The van der Waals surface area contributed by atoms with Gasteiger partial charge in [0, 0.05) is 13.2 Å². The van der Waals surface area contributed by atoms with Gasteiger partial charge in [-0.3, -0.25) is 0 Å². The maximum absolute atomic E-state index is 6.02. The number of ether oxygens (including phenoxy) is 2. The SMILES string of the molecule is CCCCCCCCOCC1CCC(CNCC(C)C)O1. The highest BCUT2D eigenvalue weighted by atomic mass is 16.5. The molecule has 1 saturated heterocycles. The van der Waals surface area contributed by atoms with Crippen molar-refractivity contribution in [2.24, 2.45) is 5.92 Å². The number of rotatable bonds is 13. The molecule has 0 spiro atoms. The summed E-state index contributed by atoms with van der Waals surface area (Å²) in [4.78, 5) is 0. The van der Waals surface area contributed by atoms with Crippen LogP contribution in [0, 0.1) is 5.92 Å². The molecule has 3 nitrogen and oxygen atoms in total. The van der Waals surface area contributed by atoms with Crippen LogP contribution in [0.3, 0.4) is 0 Å². The van der Waals surface area contributed by atoms with Gasteiger partial charge >= 0.3 is 0 Å². The van der Waals surface area contributed by atoms with Crippen molar-refractivity contribution in [3.63, 3.8) is 0 Å². The molecular formula is C18H37NO2. The monoisotopic (exact) mass is 299 g/mol. The van der Waals surface area contributed by atoms with Gasteiger partial charge in [0.05, 0.1) is 18.8 Å². The maximum atomic E-state index is 6.02. The van der Waals surface area contributed by atoms with Crippen LogP contribution in [0.5, 0.6) is 0 Å². The zero-order chi connectivity index (χ0) is 15.3. The summed E-state index contributed by atoms with van der Waals surface area (Å²) in [6.45, 7) is 10.5. The number of hydrogen-bond donors (Lipinski definition) is 1. The molecular weight excluding hydrogens is 262 g/mol. The fraction of sp³-hybridized carbons (Fsp3) is 1.00. The van der Waals surface area contributed by atoms with Crippen molar-refractivity contribution in [2.75, 3.05) is 26.3 Å². The van der Waals surface area contributed by atoms with Crippen LogP contribution in [0.1, 0.15) is 72.1 Å². The summed E-state index contributed by atoms with van der Waals surface area (Å²) in [5, 5.41) is 3.48. The second-order valence-electron chi connectivity index (χ2n) is 6.85. The van der Waals surface area contributed by atoms with Gasteiger partial charge in [0.25, 0.3) is 0 Å². The molecule has 0 amide bonds. The van der Waals surface area contributed by atoms with Gasteiger partial charge in [0.1, 0.15) is 0 Å². The largest absolute Gasteiger partial charge is 0.379 e. The second kappa shape index (κ2) is 12.4. The summed E-state index contributed by atoms with van der Waals surface area (Å²) in [6.07, 6.45) is 11.0. The number of hydrogen-bond acceptors (Lipinski definition) is 3. The molecule has 0 aliphatic carbocycles. The van der Waals surface area contributed by atoms with Crippen molar-refractivity contribution < 1.29 is 9.47 Å². The third kappa shape index (κ3) is 10.3. The molecule has 0 aromatic rings. The van der Waals surface area contributed by atoms with Gasteiger partial charge in [0.2, 0.25) is 0 Å². The normalized spacial score (nSPS) is 22.3. The van der Waals surface area contributed by atoms with Gasteiger partial charge in [-0.2, -0.15) is 0 Å². The van der Waals surface area contributed by atoms with Crippen molar-refractivity contribution >= 4 is 0 Å². The Morgan fingerprint density at radius 2 is 1.76 bits per heavy atom. The first-order chi connectivity index (χ1) is 10.2. The lowest BCUT2D eigenvalue weighted by molar-refractivity contribution is -0.0150. The molecule has 0 saturated carbocycles. The fourth-order valence-corrected chi connectivity index (χ4v) is 2.79. The molecule has 2 unspecified atom stereocenters. The molecule has 21 heavy (non-hydrogen) atoms. The van der Waals surface area contributed by atoms with Crippen LogP contribution in [-0.2, 0) is 9.47 Å². The number of nitrogens with one attached hydrogen (secondary N) is 1. The molecule has 1 rings (SSSR count). The molecule has 3 heteroatoms. The highest BCUT2D eigenvalue weighted by Crippen LogP contribution is 2.19. The van der Waals surface area contributed by atoms with E-state index in [9.17, 15) is 0 Å². The van der Waals surface area contributed by atoms with Crippen LogP contribution < -0.4 is 5.32 Å². The lowest BCUT2D eigenvalue weighted by Gasteiger charge is -2.15. The highest BCUT2D eigenvalue weighted by molar-refractivity contribution is 4.75. The van der Waals surface area contributed by atoms with Crippen LogP contribution >= 0.6 is 0 Å². The Morgan fingerprint density at radius 1 is 1.05 bits per heavy atom. The molecule has 0 radical (unpaired) electrons. The first kappa shape index (κ1) is 18.9. The quantitative estimate of drug-likeness (QED) is 0.518. The van der Waals surface area contributed by atoms with Crippen LogP contribution in [0.4, 0.5) is 0 Å². The molecule has 1 aliphatic rings. The molecule has 0 bridgehead atoms. The van der Waals surface area contributed by atoms with E-state index >= 15 is 0 Å². The van der Waals surface area contributed by atoms with Crippen LogP contribution in [0.15, 0.2) is 0 Å². The topological polar surface area (TPSA) is 30.5 Å². The van der Waals surface area contributed by atoms with E-state index in [0.29, 0.717) is 18.1 Å². The van der Waals surface area contributed by atoms with Crippen molar-refractivity contribution in [1.29, 1.82) is 0 Å². The Bertz CT molecular complexity index is 233. The Balaban J connectivity index is 1.88. The summed E-state index contributed by atoms with van der Waals surface area (Å²) in [7, 11) is 0. The summed E-state index contributed by atoms with van der Waals surface area (Å²) < 4.78 is 11.8. The number of unbranched alkanes of at least 4 members (excludes halogenated alkanes) is 5. The van der Waals surface area contributed by atoms with Gasteiger partial charge in [-0.1, -0.05) is 52.9 Å². The lowest BCUT2D eigenvalue weighted by Crippen LogP contribution is -2.30. The fourth-order valence-electron chi connectivity index (χ4n) is 2.79. The third-order valence-electron chi connectivity index (χ3n) is 4.07. The Hall–Kier alpha value is -0.120. The van der Waals surface area contributed by atoms with E-state index in [1.165, 1.54) is 44.9 Å². The van der Waals surface area contributed by atoms with Crippen LogP contribution in [0.25, 0.3) is 0 Å². The minimum atomic E-state index is 0.330. The molecule has 1 N–H and O–H groups in total. The van der Waals surface area contributed by atoms with Crippen LogP contribution in [0.2, 0.25) is 0 Å². The smallest absolute Gasteiger partial charge is 0.0813 e. The zero-order valence-electron chi connectivity index (χ0n) is 14.5. The summed E-state index contributed by atoms with van der Waals surface area (Å²) in [5.74, 6) is 0.711. The summed E-state index contributed by atoms with van der Waals surface area (Å²) in [6, 6.07) is 0. The van der Waals surface area contributed by atoms with E-state index in [1.54, 1.807) is 0 Å². The first-order valence-electron chi connectivity index (χ1n) is 9.16. The average Bonchev–Trinajstić information content (AvgIpc) is 2.89. The van der Waals surface area contributed by atoms with E-state index in [-0.39, 0.29) is 0 Å². The standard InChI is InChI=1S/C18H37NO2/c1-4-5-6-7-8-9-12-20-15-18-11-10-17(21-18)14-19-13-16(2)3/h16-19H,4-15H2,1-3H3. The Labute approximate surface area is 132 Å². The van der Waals surface area contributed by atoms with Gasteiger partial charge in [-0.05, 0) is 31.7 Å². The van der Waals surface area contributed by atoms with Gasteiger partial charge in [-0.15, -0.1) is 0 Å². The van der Waals surface area contributed by atoms with Crippen molar-refractivity contribution in [1.82, 2.24) is 5.32 Å². The molecule has 1 aliphatic heterocycles. The minimum absolute atomic E-state index is 0.330. The van der Waals surface area contributed by atoms with Crippen molar-refractivity contribution in [2.45, 2.75) is 84.3 Å². The van der Waals surface area contributed by atoms with E-state index in [1.807, 2.05) is 0 Å². The first-order valence-corrected chi connectivity index (χ1v) is 9.16. The third-order valence-corrected chi connectivity index (χ3v) is 4.07. The molecule has 0 aromatic heterocycles. The second-order valence-corrected chi connectivity index (χ2v) is 6.85. The summed E-state index contributed by atoms with van der Waals surface area (Å²) >= 11 is 0. The van der Waals surface area contributed by atoms with E-state index in [0.717, 1.165) is 32.7 Å². The predicted octanol–water partition coefficient (Wildman–Crippen LogP) is 4.16. The molecule has 126 valence electrons. The van der Waals surface area contributed by atoms with Gasteiger partial charge in [-0.25, -0.2) is 0 Å². The molecule has 1 fully saturated rings.